The molecule has 1 heterocycles. The third-order valence-corrected chi connectivity index (χ3v) is 4.66. The summed E-state index contributed by atoms with van der Waals surface area (Å²) in [6, 6.07) is 6.63. The van der Waals surface area contributed by atoms with Crippen LogP contribution in [0, 0.1) is 16.5 Å². The van der Waals surface area contributed by atoms with E-state index >= 15 is 0 Å². The second-order valence-corrected chi connectivity index (χ2v) is 6.84. The van der Waals surface area contributed by atoms with E-state index in [-0.39, 0.29) is 29.6 Å². The van der Waals surface area contributed by atoms with E-state index in [0.29, 0.717) is 17.7 Å². The molecule has 2 N–H and O–H groups in total. The van der Waals surface area contributed by atoms with Gasteiger partial charge in [0.05, 0.1) is 0 Å². The number of nitrogens with one attached hydrogen (secondary N) is 2. The van der Waals surface area contributed by atoms with Gasteiger partial charge in [0.2, 0.25) is 5.91 Å². The fourth-order valence-electron chi connectivity index (χ4n) is 3.04. The summed E-state index contributed by atoms with van der Waals surface area (Å²) >= 11 is 5.21. The van der Waals surface area contributed by atoms with Gasteiger partial charge in [-0.05, 0) is 56.1 Å². The molecule has 1 fully saturated rings. The fraction of sp³-hybridized carbons (Fsp3) is 0.471. The molecule has 1 aromatic heterocycles. The monoisotopic (exact) mass is 348 g/mol. The molecule has 0 saturated heterocycles. The van der Waals surface area contributed by atoms with Crippen LogP contribution in [0.5, 0.6) is 0 Å². The highest BCUT2D eigenvalue weighted by molar-refractivity contribution is 7.71. The molecule has 24 heavy (non-hydrogen) atoms. The van der Waals surface area contributed by atoms with E-state index < -0.39 is 0 Å². The second kappa shape index (κ2) is 6.84. The maximum absolute atomic E-state index is 12.9. The minimum absolute atomic E-state index is 0.0126. The highest BCUT2D eigenvalue weighted by atomic mass is 32.1. The zero-order valence-electron chi connectivity index (χ0n) is 13.8. The van der Waals surface area contributed by atoms with Crippen molar-refractivity contribution in [2.75, 3.05) is 6.54 Å². The number of aromatic nitrogens is 3. The van der Waals surface area contributed by atoms with Gasteiger partial charge in [-0.2, -0.15) is 5.10 Å². The highest BCUT2D eigenvalue weighted by Gasteiger charge is 2.43. The van der Waals surface area contributed by atoms with Crippen molar-refractivity contribution in [3.05, 3.63) is 46.2 Å². The summed E-state index contributed by atoms with van der Waals surface area (Å²) in [5.74, 6) is 0.840. The molecule has 0 bridgehead atoms. The molecule has 2 atom stereocenters. The first-order chi connectivity index (χ1) is 11.5. The van der Waals surface area contributed by atoms with Crippen molar-refractivity contribution in [3.8, 4) is 0 Å². The summed E-state index contributed by atoms with van der Waals surface area (Å²) in [6.45, 7) is 4.62. The van der Waals surface area contributed by atoms with E-state index in [1.165, 1.54) is 12.1 Å². The van der Waals surface area contributed by atoms with E-state index in [0.717, 1.165) is 17.8 Å². The maximum atomic E-state index is 12.9. The smallest absolute Gasteiger partial charge is 0.223 e. The Morgan fingerprint density at radius 3 is 2.83 bits per heavy atom. The van der Waals surface area contributed by atoms with Crippen LogP contribution >= 0.6 is 12.2 Å². The number of carbonyl (C=O) groups excluding carboxylic acids is 1. The minimum atomic E-state index is -0.251. The van der Waals surface area contributed by atoms with Crippen LogP contribution in [0.3, 0.4) is 0 Å². The highest BCUT2D eigenvalue weighted by Crippen LogP contribution is 2.47. The molecule has 1 saturated carbocycles. The van der Waals surface area contributed by atoms with Crippen molar-refractivity contribution >= 4 is 18.1 Å². The van der Waals surface area contributed by atoms with Crippen molar-refractivity contribution in [3.63, 3.8) is 0 Å². The van der Waals surface area contributed by atoms with Crippen LogP contribution in [0.4, 0.5) is 4.39 Å². The molecule has 5 nitrogen and oxygen atoms in total. The lowest BCUT2D eigenvalue weighted by molar-refractivity contribution is -0.122. The Labute approximate surface area is 145 Å². The zero-order chi connectivity index (χ0) is 17.3. The first kappa shape index (κ1) is 16.8. The lowest BCUT2D eigenvalue weighted by Crippen LogP contribution is -2.28. The van der Waals surface area contributed by atoms with Gasteiger partial charge >= 0.3 is 0 Å². The van der Waals surface area contributed by atoms with Crippen molar-refractivity contribution in [1.29, 1.82) is 0 Å². The molecule has 1 aromatic carbocycles. The summed E-state index contributed by atoms with van der Waals surface area (Å²) in [5.41, 5.74) is 1.03. The van der Waals surface area contributed by atoms with Gasteiger partial charge in [-0.15, -0.1) is 0 Å². The molecular weight excluding hydrogens is 327 g/mol. The van der Waals surface area contributed by atoms with Gasteiger partial charge in [-0.1, -0.05) is 12.1 Å². The average molecular weight is 348 g/mol. The van der Waals surface area contributed by atoms with Crippen LogP contribution in [0.15, 0.2) is 24.3 Å². The lowest BCUT2D eigenvalue weighted by atomic mass is 10.1. The normalized spacial score (nSPS) is 19.5. The molecule has 0 unspecified atom stereocenters. The van der Waals surface area contributed by atoms with Crippen LogP contribution in [-0.2, 0) is 11.2 Å². The SMILES string of the molecule is CC(C)n1c(CCNC(=O)[C@@H]2C[C@@H]2c2ccc(F)cc2)n[nH]c1=S. The van der Waals surface area contributed by atoms with Crippen LogP contribution in [-0.4, -0.2) is 27.2 Å². The van der Waals surface area contributed by atoms with Crippen LogP contribution in [0.25, 0.3) is 0 Å². The quantitative estimate of drug-likeness (QED) is 0.789. The Hall–Kier alpha value is -2.02. The summed E-state index contributed by atoms with van der Waals surface area (Å²) in [6.07, 6.45) is 1.45. The maximum Gasteiger partial charge on any atom is 0.223 e. The first-order valence-corrected chi connectivity index (χ1v) is 8.57. The number of benzene rings is 1. The fourth-order valence-corrected chi connectivity index (χ4v) is 3.40. The lowest BCUT2D eigenvalue weighted by Gasteiger charge is -2.10. The Morgan fingerprint density at radius 1 is 1.46 bits per heavy atom. The number of rotatable bonds is 6. The van der Waals surface area contributed by atoms with Gasteiger partial charge < -0.3 is 9.88 Å². The molecule has 2 aromatic rings. The van der Waals surface area contributed by atoms with E-state index in [1.54, 1.807) is 12.1 Å². The van der Waals surface area contributed by atoms with Crippen molar-refractivity contribution in [1.82, 2.24) is 20.1 Å². The molecule has 0 aliphatic heterocycles. The number of nitrogens with zero attached hydrogens (tertiary/aromatic N) is 2. The summed E-state index contributed by atoms with van der Waals surface area (Å²) < 4.78 is 15.5. The van der Waals surface area contributed by atoms with E-state index in [4.69, 9.17) is 12.2 Å². The number of carbonyl (C=O) groups is 1. The van der Waals surface area contributed by atoms with Crippen molar-refractivity contribution in [2.24, 2.45) is 5.92 Å². The van der Waals surface area contributed by atoms with Gasteiger partial charge in [0.25, 0.3) is 0 Å². The number of amides is 1. The Bertz CT molecular complexity index is 781. The summed E-state index contributed by atoms with van der Waals surface area (Å²) in [4.78, 5) is 12.2. The van der Waals surface area contributed by atoms with Gasteiger partial charge in [0, 0.05) is 24.9 Å². The van der Waals surface area contributed by atoms with Crippen LogP contribution in [0.1, 0.15) is 43.6 Å². The number of H-pyrrole nitrogens is 1. The molecule has 0 spiro atoms. The standard InChI is InChI=1S/C17H21FN4OS/c1-10(2)22-15(20-21-17(22)24)7-8-19-16(23)14-9-13(14)11-3-5-12(18)6-4-11/h3-6,10,13-14H,7-9H2,1-2H3,(H,19,23)(H,21,24)/t13-,14-/m1/s1. The topological polar surface area (TPSA) is 62.7 Å². The van der Waals surface area contributed by atoms with Gasteiger partial charge in [0.1, 0.15) is 11.6 Å². The number of hydrogen-bond acceptors (Lipinski definition) is 3. The summed E-state index contributed by atoms with van der Waals surface area (Å²) in [7, 11) is 0. The third kappa shape index (κ3) is 3.56. The molecule has 128 valence electrons. The number of aromatic amines is 1. The average Bonchev–Trinajstić information content (AvgIpc) is 3.25. The molecule has 1 aliphatic carbocycles. The van der Waals surface area contributed by atoms with Gasteiger partial charge in [-0.25, -0.2) is 4.39 Å². The first-order valence-electron chi connectivity index (χ1n) is 8.16. The second-order valence-electron chi connectivity index (χ2n) is 6.45. The molecular formula is C17H21FN4OS. The predicted molar refractivity (Wildman–Crippen MR) is 91.8 cm³/mol. The summed E-state index contributed by atoms with van der Waals surface area (Å²) in [5, 5.41) is 9.99. The Morgan fingerprint density at radius 2 is 2.17 bits per heavy atom. The zero-order valence-corrected chi connectivity index (χ0v) is 14.6. The van der Waals surface area contributed by atoms with Crippen LogP contribution < -0.4 is 5.32 Å². The molecule has 1 amide bonds. The minimum Gasteiger partial charge on any atom is -0.355 e. The molecule has 1 aliphatic rings. The van der Waals surface area contributed by atoms with Crippen molar-refractivity contribution in [2.45, 2.75) is 38.6 Å². The largest absolute Gasteiger partial charge is 0.355 e. The van der Waals surface area contributed by atoms with Crippen LogP contribution in [0.2, 0.25) is 0 Å². The van der Waals surface area contributed by atoms with E-state index in [2.05, 4.69) is 15.5 Å². The Kier molecular flexibility index (Phi) is 4.80. The van der Waals surface area contributed by atoms with E-state index in [9.17, 15) is 9.18 Å². The number of halogens is 1. The van der Waals surface area contributed by atoms with Gasteiger partial charge in [0.15, 0.2) is 4.77 Å². The van der Waals surface area contributed by atoms with E-state index in [1.807, 2.05) is 18.4 Å². The molecule has 7 heteroatoms. The Balaban J connectivity index is 1.51. The molecule has 3 rings (SSSR count). The predicted octanol–water partition coefficient (Wildman–Crippen LogP) is 3.12. The number of hydrogen-bond donors (Lipinski definition) is 2. The van der Waals surface area contributed by atoms with Crippen molar-refractivity contribution < 1.29 is 9.18 Å². The van der Waals surface area contributed by atoms with Gasteiger partial charge in [-0.3, -0.25) is 9.89 Å². The molecule has 0 radical (unpaired) electrons. The third-order valence-electron chi connectivity index (χ3n) is 4.37.